The smallest absolute Gasteiger partial charge is 0.338 e. The lowest BCUT2D eigenvalue weighted by atomic mass is 10.2. The first-order valence-corrected chi connectivity index (χ1v) is 8.07. The minimum absolute atomic E-state index is 0.137. The number of nitrogens with one attached hydrogen (secondary N) is 2. The average molecular weight is 385 g/mol. The van der Waals surface area contributed by atoms with Crippen LogP contribution < -0.4 is 10.6 Å². The van der Waals surface area contributed by atoms with Gasteiger partial charge < -0.3 is 15.4 Å². The van der Waals surface area contributed by atoms with Crippen molar-refractivity contribution in [1.29, 1.82) is 0 Å². The molecule has 0 saturated carbocycles. The Bertz CT molecular complexity index is 582. The summed E-state index contributed by atoms with van der Waals surface area (Å²) in [7, 11) is 0. The second kappa shape index (κ2) is 8.67. The van der Waals surface area contributed by atoms with Gasteiger partial charge in [0.2, 0.25) is 11.8 Å². The van der Waals surface area contributed by atoms with Gasteiger partial charge in [0.25, 0.3) is 0 Å². The maximum Gasteiger partial charge on any atom is 0.338 e. The molecule has 0 saturated heterocycles. The van der Waals surface area contributed by atoms with Gasteiger partial charge in [-0.25, -0.2) is 4.79 Å². The Balaban J connectivity index is 2.50. The van der Waals surface area contributed by atoms with Crippen molar-refractivity contribution in [3.8, 4) is 0 Å². The predicted molar refractivity (Wildman–Crippen MR) is 91.7 cm³/mol. The second-order valence-electron chi connectivity index (χ2n) is 5.33. The number of anilines is 1. The van der Waals surface area contributed by atoms with E-state index in [0.717, 1.165) is 0 Å². The Morgan fingerprint density at radius 3 is 2.57 bits per heavy atom. The lowest BCUT2D eigenvalue weighted by Crippen LogP contribution is -2.38. The minimum atomic E-state index is -0.669. The van der Waals surface area contributed by atoms with Crippen LogP contribution in [0.2, 0.25) is 0 Å². The Morgan fingerprint density at radius 2 is 1.96 bits per heavy atom. The van der Waals surface area contributed by atoms with Crippen molar-refractivity contribution < 1.29 is 19.1 Å². The summed E-state index contributed by atoms with van der Waals surface area (Å²) in [6, 6.07) is 6.51. The number of carbonyl (C=O) groups excluding carboxylic acids is 3. The van der Waals surface area contributed by atoms with Crippen LogP contribution in [0.4, 0.5) is 5.69 Å². The first-order valence-electron chi connectivity index (χ1n) is 7.28. The van der Waals surface area contributed by atoms with Crippen molar-refractivity contribution in [3.63, 3.8) is 0 Å². The molecule has 7 heteroatoms. The molecule has 0 aliphatic rings. The predicted octanol–water partition coefficient (Wildman–Crippen LogP) is 2.48. The number of carbonyl (C=O) groups is 3. The number of benzene rings is 1. The van der Waals surface area contributed by atoms with E-state index in [9.17, 15) is 14.4 Å². The monoisotopic (exact) mass is 384 g/mol. The third-order valence-electron chi connectivity index (χ3n) is 2.84. The Morgan fingerprint density at radius 1 is 1.26 bits per heavy atom. The number of esters is 1. The summed E-state index contributed by atoms with van der Waals surface area (Å²) >= 11 is 3.24. The summed E-state index contributed by atoms with van der Waals surface area (Å²) in [5.74, 6) is -0.872. The standard InChI is InChI=1S/C16H21BrN2O4/c1-4-23-14(21)11-6-5-7-12(10-11)19-13(20)8-9-18-15(22)16(2,3)17/h5-7,10H,4,8-9H2,1-3H3,(H,18,22)(H,19,20). The van der Waals surface area contributed by atoms with Crippen LogP contribution in [-0.4, -0.2) is 35.3 Å². The topological polar surface area (TPSA) is 84.5 Å². The van der Waals surface area contributed by atoms with Crippen LogP contribution in [0.1, 0.15) is 37.6 Å². The van der Waals surface area contributed by atoms with Crippen molar-refractivity contribution in [3.05, 3.63) is 29.8 Å². The lowest BCUT2D eigenvalue weighted by Gasteiger charge is -2.15. The molecule has 0 atom stereocenters. The molecule has 1 rings (SSSR count). The fourth-order valence-corrected chi connectivity index (χ4v) is 1.80. The van der Waals surface area contributed by atoms with Crippen LogP contribution in [0.5, 0.6) is 0 Å². The SMILES string of the molecule is CCOC(=O)c1cccc(NC(=O)CCNC(=O)C(C)(C)Br)c1. The summed E-state index contributed by atoms with van der Waals surface area (Å²) < 4.78 is 4.24. The lowest BCUT2D eigenvalue weighted by molar-refractivity contribution is -0.122. The third-order valence-corrected chi connectivity index (χ3v) is 3.20. The molecule has 0 heterocycles. The van der Waals surface area contributed by atoms with Gasteiger partial charge in [-0.05, 0) is 39.0 Å². The van der Waals surface area contributed by atoms with Gasteiger partial charge >= 0.3 is 5.97 Å². The molecule has 1 aromatic carbocycles. The van der Waals surface area contributed by atoms with Crippen LogP contribution in [0, 0.1) is 0 Å². The van der Waals surface area contributed by atoms with Crippen molar-refractivity contribution in [2.75, 3.05) is 18.5 Å². The van der Waals surface area contributed by atoms with E-state index in [4.69, 9.17) is 4.74 Å². The van der Waals surface area contributed by atoms with E-state index in [1.807, 2.05) is 0 Å². The fourth-order valence-electron chi connectivity index (χ4n) is 1.66. The average Bonchev–Trinajstić information content (AvgIpc) is 2.46. The first kappa shape index (κ1) is 19.2. The van der Waals surface area contributed by atoms with Crippen LogP contribution in [-0.2, 0) is 14.3 Å². The molecule has 1 aromatic rings. The van der Waals surface area contributed by atoms with Gasteiger partial charge in [-0.1, -0.05) is 22.0 Å². The summed E-state index contributed by atoms with van der Waals surface area (Å²) in [5.41, 5.74) is 0.881. The van der Waals surface area contributed by atoms with E-state index in [2.05, 4.69) is 26.6 Å². The van der Waals surface area contributed by atoms with Crippen molar-refractivity contribution in [2.24, 2.45) is 0 Å². The number of amides is 2. The molecule has 2 amide bonds. The van der Waals surface area contributed by atoms with Crippen LogP contribution >= 0.6 is 15.9 Å². The molecule has 0 aliphatic heterocycles. The summed E-state index contributed by atoms with van der Waals surface area (Å²) in [5, 5.41) is 5.35. The highest BCUT2D eigenvalue weighted by molar-refractivity contribution is 9.10. The van der Waals surface area contributed by atoms with Crippen LogP contribution in [0.25, 0.3) is 0 Å². The molecular formula is C16H21BrN2O4. The van der Waals surface area contributed by atoms with Gasteiger partial charge in [0.05, 0.1) is 16.5 Å². The highest BCUT2D eigenvalue weighted by Crippen LogP contribution is 2.15. The van der Waals surface area contributed by atoms with Gasteiger partial charge in [-0.2, -0.15) is 0 Å². The van der Waals surface area contributed by atoms with Crippen molar-refractivity contribution >= 4 is 39.4 Å². The number of alkyl halides is 1. The maximum atomic E-state index is 11.9. The normalized spacial score (nSPS) is 10.8. The van der Waals surface area contributed by atoms with Crippen LogP contribution in [0.15, 0.2) is 24.3 Å². The van der Waals surface area contributed by atoms with E-state index in [1.54, 1.807) is 45.0 Å². The number of halogens is 1. The third kappa shape index (κ3) is 6.81. The molecule has 0 fully saturated rings. The molecule has 6 nitrogen and oxygen atoms in total. The van der Waals surface area contributed by atoms with Gasteiger partial charge in [0, 0.05) is 18.7 Å². The summed E-state index contributed by atoms with van der Waals surface area (Å²) in [6.07, 6.45) is 0.137. The number of rotatable bonds is 7. The first-order chi connectivity index (χ1) is 10.7. The second-order valence-corrected chi connectivity index (χ2v) is 7.31. The molecule has 0 unspecified atom stereocenters. The Kier molecular flexibility index (Phi) is 7.22. The number of hydrogen-bond donors (Lipinski definition) is 2. The highest BCUT2D eigenvalue weighted by atomic mass is 79.9. The number of ether oxygens (including phenoxy) is 1. The zero-order chi connectivity index (χ0) is 17.5. The Hall–Kier alpha value is -1.89. The van der Waals surface area contributed by atoms with E-state index < -0.39 is 10.3 Å². The zero-order valence-electron chi connectivity index (χ0n) is 13.4. The van der Waals surface area contributed by atoms with Crippen molar-refractivity contribution in [2.45, 2.75) is 31.5 Å². The van der Waals surface area contributed by atoms with Gasteiger partial charge in [0.15, 0.2) is 0 Å². The molecule has 0 aromatic heterocycles. The molecule has 0 spiro atoms. The van der Waals surface area contributed by atoms with Crippen molar-refractivity contribution in [1.82, 2.24) is 5.32 Å². The van der Waals surface area contributed by atoms with Gasteiger partial charge in [-0.15, -0.1) is 0 Å². The Labute approximate surface area is 144 Å². The quantitative estimate of drug-likeness (QED) is 0.558. The minimum Gasteiger partial charge on any atom is -0.462 e. The van der Waals surface area contributed by atoms with E-state index in [0.29, 0.717) is 17.9 Å². The van der Waals surface area contributed by atoms with Gasteiger partial charge in [-0.3, -0.25) is 9.59 Å². The molecule has 2 N–H and O–H groups in total. The fraction of sp³-hybridized carbons (Fsp3) is 0.438. The van der Waals surface area contributed by atoms with Gasteiger partial charge in [0.1, 0.15) is 0 Å². The summed E-state index contributed by atoms with van der Waals surface area (Å²) in [6.45, 7) is 5.70. The summed E-state index contributed by atoms with van der Waals surface area (Å²) in [4.78, 5) is 35.1. The highest BCUT2D eigenvalue weighted by Gasteiger charge is 2.22. The largest absolute Gasteiger partial charge is 0.462 e. The molecule has 23 heavy (non-hydrogen) atoms. The van der Waals surface area contributed by atoms with Crippen LogP contribution in [0.3, 0.4) is 0 Å². The zero-order valence-corrected chi connectivity index (χ0v) is 15.0. The molecule has 0 aliphatic carbocycles. The maximum absolute atomic E-state index is 11.9. The van der Waals surface area contributed by atoms with E-state index >= 15 is 0 Å². The molecule has 0 bridgehead atoms. The molecular weight excluding hydrogens is 364 g/mol. The molecule has 126 valence electrons. The van der Waals surface area contributed by atoms with E-state index in [1.165, 1.54) is 0 Å². The van der Waals surface area contributed by atoms with E-state index in [-0.39, 0.29) is 24.8 Å². The molecule has 0 radical (unpaired) electrons. The number of hydrogen-bond acceptors (Lipinski definition) is 4.